The number of Topliss-reactive ketones (excluding diaryl/α,β-unsaturated/α-hetero) is 1. The summed E-state index contributed by atoms with van der Waals surface area (Å²) in [6.45, 7) is 5.26. The van der Waals surface area contributed by atoms with Gasteiger partial charge in [0.2, 0.25) is 11.7 Å². The van der Waals surface area contributed by atoms with Crippen LogP contribution >= 0.6 is 11.3 Å². The van der Waals surface area contributed by atoms with E-state index >= 15 is 0 Å². The van der Waals surface area contributed by atoms with Crippen molar-refractivity contribution in [2.75, 3.05) is 13.2 Å². The van der Waals surface area contributed by atoms with Gasteiger partial charge in [-0.15, -0.1) is 11.3 Å². The number of hydrogen-bond donors (Lipinski definition) is 1. The smallest absolute Gasteiger partial charge is 0.344 e. The van der Waals surface area contributed by atoms with Crippen molar-refractivity contribution < 1.29 is 23.9 Å². The fourth-order valence-corrected chi connectivity index (χ4v) is 2.84. The molecule has 0 aliphatic rings. The Balaban J connectivity index is 1.75. The number of carbonyl (C=O) groups is 3. The van der Waals surface area contributed by atoms with Crippen LogP contribution in [-0.2, 0) is 20.9 Å². The third-order valence-electron chi connectivity index (χ3n) is 3.50. The predicted molar refractivity (Wildman–Crippen MR) is 103 cm³/mol. The summed E-state index contributed by atoms with van der Waals surface area (Å²) >= 11 is 1.27. The molecule has 0 unspecified atom stereocenters. The van der Waals surface area contributed by atoms with Gasteiger partial charge >= 0.3 is 5.97 Å². The van der Waals surface area contributed by atoms with Crippen LogP contribution in [0.2, 0.25) is 0 Å². The van der Waals surface area contributed by atoms with Gasteiger partial charge < -0.3 is 14.8 Å². The van der Waals surface area contributed by atoms with E-state index in [1.807, 2.05) is 26.8 Å². The van der Waals surface area contributed by atoms with Gasteiger partial charge in [-0.25, -0.2) is 4.79 Å². The summed E-state index contributed by atoms with van der Waals surface area (Å²) in [5.41, 5.74) is -0.466. The molecule has 0 spiro atoms. The van der Waals surface area contributed by atoms with Gasteiger partial charge in [-0.3, -0.25) is 9.59 Å². The molecule has 0 aliphatic carbocycles. The van der Waals surface area contributed by atoms with E-state index in [1.165, 1.54) is 11.3 Å². The number of ketones is 1. The highest BCUT2D eigenvalue weighted by Crippen LogP contribution is 2.18. The SMILES string of the molecule is CC(C)(C)C(=O)NCc1ccc(C(=O)COC(=O)COc2ccccc2)s1. The second kappa shape index (κ2) is 9.32. The molecule has 0 saturated carbocycles. The molecular weight excluding hydrogens is 366 g/mol. The van der Waals surface area contributed by atoms with E-state index < -0.39 is 11.4 Å². The topological polar surface area (TPSA) is 81.7 Å². The molecule has 1 aromatic heterocycles. The third kappa shape index (κ3) is 6.86. The number of amides is 1. The average Bonchev–Trinajstić information content (AvgIpc) is 3.11. The maximum atomic E-state index is 12.1. The minimum absolute atomic E-state index is 0.0591. The van der Waals surface area contributed by atoms with Crippen LogP contribution in [0.25, 0.3) is 0 Å². The van der Waals surface area contributed by atoms with Crippen molar-refractivity contribution >= 4 is 29.0 Å². The molecule has 2 aromatic rings. The molecule has 1 amide bonds. The zero-order valence-electron chi connectivity index (χ0n) is 15.6. The minimum atomic E-state index is -0.610. The Kier molecular flexibility index (Phi) is 7.12. The lowest BCUT2D eigenvalue weighted by atomic mass is 9.96. The second-order valence-corrected chi connectivity index (χ2v) is 8.05. The van der Waals surface area contributed by atoms with Crippen LogP contribution < -0.4 is 10.1 Å². The van der Waals surface area contributed by atoms with E-state index in [4.69, 9.17) is 9.47 Å². The van der Waals surface area contributed by atoms with E-state index in [0.717, 1.165) is 4.88 Å². The number of rotatable bonds is 8. The molecule has 0 bridgehead atoms. The van der Waals surface area contributed by atoms with Crippen LogP contribution in [0.1, 0.15) is 35.3 Å². The Morgan fingerprint density at radius 1 is 1.00 bits per heavy atom. The highest BCUT2D eigenvalue weighted by atomic mass is 32.1. The summed E-state index contributed by atoms with van der Waals surface area (Å²) in [4.78, 5) is 37.0. The third-order valence-corrected chi connectivity index (χ3v) is 4.63. The van der Waals surface area contributed by atoms with E-state index in [9.17, 15) is 14.4 Å². The Morgan fingerprint density at radius 3 is 2.37 bits per heavy atom. The first kappa shape index (κ1) is 20.6. The van der Waals surface area contributed by atoms with Crippen LogP contribution in [0, 0.1) is 5.41 Å². The van der Waals surface area contributed by atoms with Crippen LogP contribution in [0.3, 0.4) is 0 Å². The number of hydrogen-bond acceptors (Lipinski definition) is 6. The van der Waals surface area contributed by atoms with Gasteiger partial charge in [0.25, 0.3) is 0 Å². The van der Waals surface area contributed by atoms with Gasteiger partial charge in [-0.05, 0) is 24.3 Å². The number of ether oxygens (including phenoxy) is 2. The molecule has 1 N–H and O–H groups in total. The monoisotopic (exact) mass is 389 g/mol. The lowest BCUT2D eigenvalue weighted by Crippen LogP contribution is -2.34. The molecule has 0 atom stereocenters. The Hall–Kier alpha value is -2.67. The Labute approximate surface area is 162 Å². The van der Waals surface area contributed by atoms with Crippen molar-refractivity contribution in [1.82, 2.24) is 5.32 Å². The molecule has 27 heavy (non-hydrogen) atoms. The molecule has 0 aliphatic heterocycles. The maximum absolute atomic E-state index is 12.1. The average molecular weight is 389 g/mol. The number of esters is 1. The van der Waals surface area contributed by atoms with Crippen molar-refractivity contribution in [2.45, 2.75) is 27.3 Å². The van der Waals surface area contributed by atoms with Crippen LogP contribution in [0.4, 0.5) is 0 Å². The number of carbonyl (C=O) groups excluding carboxylic acids is 3. The highest BCUT2D eigenvalue weighted by molar-refractivity contribution is 7.14. The van der Waals surface area contributed by atoms with Crippen molar-refractivity contribution in [3.63, 3.8) is 0 Å². The molecule has 2 rings (SSSR count). The summed E-state index contributed by atoms with van der Waals surface area (Å²) in [5.74, 6) is -0.403. The summed E-state index contributed by atoms with van der Waals surface area (Å²) in [6, 6.07) is 12.3. The fourth-order valence-electron chi connectivity index (χ4n) is 1.97. The van der Waals surface area contributed by atoms with Crippen molar-refractivity contribution in [2.24, 2.45) is 5.41 Å². The van der Waals surface area contributed by atoms with E-state index in [1.54, 1.807) is 36.4 Å². The zero-order valence-corrected chi connectivity index (χ0v) is 16.4. The van der Waals surface area contributed by atoms with Gasteiger partial charge in [0.05, 0.1) is 11.4 Å². The van der Waals surface area contributed by atoms with Gasteiger partial charge in [-0.1, -0.05) is 39.0 Å². The standard InChI is InChI=1S/C20H23NO5S/c1-20(2,3)19(24)21-11-15-9-10-17(27-15)16(22)12-26-18(23)13-25-14-7-5-4-6-8-14/h4-10H,11-13H2,1-3H3,(H,21,24). The quantitative estimate of drug-likeness (QED) is 0.554. The Bertz CT molecular complexity index is 792. The fraction of sp³-hybridized carbons (Fsp3) is 0.350. The molecular formula is C20H23NO5S. The molecule has 0 radical (unpaired) electrons. The largest absolute Gasteiger partial charge is 0.482 e. The van der Waals surface area contributed by atoms with Crippen LogP contribution in [-0.4, -0.2) is 30.9 Å². The second-order valence-electron chi connectivity index (χ2n) is 6.88. The number of para-hydroxylation sites is 1. The molecule has 144 valence electrons. The predicted octanol–water partition coefficient (Wildman–Crippen LogP) is 3.22. The van der Waals surface area contributed by atoms with E-state index in [2.05, 4.69) is 5.32 Å². The minimum Gasteiger partial charge on any atom is -0.482 e. The Morgan fingerprint density at radius 2 is 1.70 bits per heavy atom. The van der Waals surface area contributed by atoms with Crippen LogP contribution in [0.15, 0.2) is 42.5 Å². The van der Waals surface area contributed by atoms with Gasteiger partial charge in [0.15, 0.2) is 13.2 Å². The number of nitrogens with one attached hydrogen (secondary N) is 1. The summed E-state index contributed by atoms with van der Waals surface area (Å²) in [7, 11) is 0. The van der Waals surface area contributed by atoms with Gasteiger partial charge in [0, 0.05) is 10.3 Å². The summed E-state index contributed by atoms with van der Waals surface area (Å²) in [6.07, 6.45) is 0. The number of benzene rings is 1. The first-order valence-electron chi connectivity index (χ1n) is 8.49. The van der Waals surface area contributed by atoms with Crippen molar-refractivity contribution in [3.05, 3.63) is 52.2 Å². The molecule has 1 heterocycles. The van der Waals surface area contributed by atoms with E-state index in [0.29, 0.717) is 17.2 Å². The first-order chi connectivity index (χ1) is 12.8. The molecule has 0 fully saturated rings. The van der Waals surface area contributed by atoms with Gasteiger partial charge in [0.1, 0.15) is 5.75 Å². The van der Waals surface area contributed by atoms with Crippen molar-refractivity contribution in [3.8, 4) is 5.75 Å². The first-order valence-corrected chi connectivity index (χ1v) is 9.31. The van der Waals surface area contributed by atoms with Gasteiger partial charge in [-0.2, -0.15) is 0 Å². The molecule has 6 nitrogen and oxygen atoms in total. The van der Waals surface area contributed by atoms with E-state index in [-0.39, 0.29) is 24.9 Å². The lowest BCUT2D eigenvalue weighted by Gasteiger charge is -2.17. The maximum Gasteiger partial charge on any atom is 0.344 e. The normalized spacial score (nSPS) is 10.9. The number of thiophene rings is 1. The zero-order chi connectivity index (χ0) is 19.9. The molecule has 1 aromatic carbocycles. The lowest BCUT2D eigenvalue weighted by molar-refractivity contribution is -0.144. The summed E-state index contributed by atoms with van der Waals surface area (Å²) < 4.78 is 10.2. The highest BCUT2D eigenvalue weighted by Gasteiger charge is 2.21. The van der Waals surface area contributed by atoms with Crippen LogP contribution in [0.5, 0.6) is 5.75 Å². The molecule has 0 saturated heterocycles. The summed E-state index contributed by atoms with van der Waals surface area (Å²) in [5, 5.41) is 2.83. The van der Waals surface area contributed by atoms with Crippen molar-refractivity contribution in [1.29, 1.82) is 0 Å². The molecule has 7 heteroatoms.